The van der Waals surface area contributed by atoms with Crippen molar-refractivity contribution < 1.29 is 11.0 Å². The molecule has 0 fully saturated rings. The molecule has 64 heavy (non-hydrogen) atoms. The van der Waals surface area contributed by atoms with Crippen LogP contribution in [0.1, 0.15) is 11.0 Å². The van der Waals surface area contributed by atoms with E-state index in [1.54, 1.807) is 0 Å². The Labute approximate surface area is 383 Å². The molecule has 0 aliphatic rings. The van der Waals surface area contributed by atoms with Gasteiger partial charge in [0, 0.05) is 38.6 Å². The van der Waals surface area contributed by atoms with Gasteiger partial charge >= 0.3 is 0 Å². The molecule has 13 aromatic rings. The van der Waals surface area contributed by atoms with Gasteiger partial charge in [-0.3, -0.25) is 0 Å². The zero-order valence-corrected chi connectivity index (χ0v) is 35.4. The van der Waals surface area contributed by atoms with Crippen LogP contribution in [0.4, 0.5) is 0 Å². The van der Waals surface area contributed by atoms with Gasteiger partial charge in [0.05, 0.1) is 44.1 Å². The highest BCUT2D eigenvalue weighted by Crippen LogP contribution is 2.43. The summed E-state index contributed by atoms with van der Waals surface area (Å²) >= 11 is 0. The van der Waals surface area contributed by atoms with E-state index in [2.05, 4.69) is 81.9 Å². The lowest BCUT2D eigenvalue weighted by Crippen LogP contribution is -2.74. The van der Waals surface area contributed by atoms with E-state index in [1.807, 2.05) is 132 Å². The van der Waals surface area contributed by atoms with E-state index >= 15 is 0 Å². The summed E-state index contributed by atoms with van der Waals surface area (Å²) in [5.41, 5.74) is 7.94. The molecule has 0 unspecified atom stereocenters. The van der Waals surface area contributed by atoms with E-state index in [0.29, 0.717) is 22.2 Å². The van der Waals surface area contributed by atoms with Gasteiger partial charge in [-0.05, 0) is 105 Å². The zero-order valence-electron chi connectivity index (χ0n) is 42.4. The molecule has 0 bridgehead atoms. The molecule has 0 saturated carbocycles. The second kappa shape index (κ2) is 14.5. The van der Waals surface area contributed by atoms with E-state index in [0.717, 1.165) is 75.9 Å². The first-order valence-corrected chi connectivity index (χ1v) is 23.5. The zero-order chi connectivity index (χ0) is 49.2. The standard InChI is InChI=1S/C60H41N3Si/c1-5-18-42(19-6-1)43-34-37-49(38-35-43)64(47-23-9-3-10-24-47,48-25-11-4-12-26-48)50-27-15-22-45(40-50)62-53-29-14-13-28-51(53)52-41-46(36-39-54(52)62)63-57-32-16-30-55-59(57)60-56(31-17-33-58(60)63)61(55)44-20-7-2-8-21-44/h1-41H/i1D,5D,6D,18D,19D,36D,39D,41D. The predicted octanol–water partition coefficient (Wildman–Crippen LogP) is 12.3. The van der Waals surface area contributed by atoms with Crippen LogP contribution in [0.15, 0.2) is 249 Å². The number of para-hydroxylation sites is 2. The normalized spacial score (nSPS) is 13.8. The second-order valence-electron chi connectivity index (χ2n) is 16.3. The van der Waals surface area contributed by atoms with E-state index < -0.39 is 14.1 Å². The van der Waals surface area contributed by atoms with Crippen LogP contribution in [0.5, 0.6) is 0 Å². The van der Waals surface area contributed by atoms with Crippen LogP contribution in [-0.4, -0.2) is 21.8 Å². The summed E-state index contributed by atoms with van der Waals surface area (Å²) in [7, 11) is -3.26. The Balaban J connectivity index is 1.05. The molecular weight excluding hydrogens is 791 g/mol. The van der Waals surface area contributed by atoms with Crippen molar-refractivity contribution in [2.75, 3.05) is 0 Å². The fourth-order valence-electron chi connectivity index (χ4n) is 10.3. The Kier molecular flexibility index (Phi) is 6.59. The van der Waals surface area contributed by atoms with Gasteiger partial charge in [-0.1, -0.05) is 176 Å². The summed E-state index contributed by atoms with van der Waals surface area (Å²) < 4.78 is 79.0. The molecule has 0 N–H and O–H groups in total. The molecule has 0 atom stereocenters. The fraction of sp³-hybridized carbons (Fsp3) is 0. The summed E-state index contributed by atoms with van der Waals surface area (Å²) in [6.45, 7) is 0. The lowest BCUT2D eigenvalue weighted by atomic mass is 10.1. The number of nitrogens with zero attached hydrogens (tertiary/aromatic N) is 3. The van der Waals surface area contributed by atoms with Crippen LogP contribution in [-0.2, 0) is 0 Å². The van der Waals surface area contributed by atoms with Crippen LogP contribution in [0, 0.1) is 0 Å². The molecule has 0 radical (unpaired) electrons. The first-order chi connectivity index (χ1) is 35.1. The van der Waals surface area contributed by atoms with Crippen LogP contribution in [0.25, 0.3) is 82.8 Å². The number of hydrogen-bond acceptors (Lipinski definition) is 0. The van der Waals surface area contributed by atoms with Crippen molar-refractivity contribution >= 4 is 83.5 Å². The van der Waals surface area contributed by atoms with Crippen LogP contribution >= 0.6 is 0 Å². The quantitative estimate of drug-likeness (QED) is 0.107. The molecule has 0 saturated heterocycles. The number of hydrogen-bond donors (Lipinski definition) is 0. The van der Waals surface area contributed by atoms with Gasteiger partial charge in [-0.15, -0.1) is 0 Å². The Morgan fingerprint density at radius 2 is 0.797 bits per heavy atom. The van der Waals surface area contributed by atoms with Crippen molar-refractivity contribution in [2.45, 2.75) is 0 Å². The molecular formula is C60H41N3Si. The van der Waals surface area contributed by atoms with Crippen molar-refractivity contribution in [3.63, 3.8) is 0 Å². The maximum absolute atomic E-state index is 10.2. The number of fused-ring (bicyclic) bond motifs is 3. The SMILES string of the molecule is [2H]c1c([2H])c([2H])c(-c2ccc([Si](c3ccccc3)(c3ccccc3)c3cccc(-n4c5ccccc5c5c([2H])c(-n6c7cccc8c7c7c(cccc76)n8-c6ccccc6)c([2H])c([2H])c54)c3)cc2)c([2H])c1[2H]. The van der Waals surface area contributed by atoms with E-state index in [4.69, 9.17) is 6.85 Å². The summed E-state index contributed by atoms with van der Waals surface area (Å²) in [6, 6.07) is 66.2. The van der Waals surface area contributed by atoms with Crippen LogP contribution in [0.2, 0.25) is 0 Å². The molecule has 0 aliphatic heterocycles. The first kappa shape index (κ1) is 29.2. The van der Waals surface area contributed by atoms with Gasteiger partial charge < -0.3 is 13.7 Å². The number of benzene rings is 10. The summed E-state index contributed by atoms with van der Waals surface area (Å²) in [5.74, 6) is 0. The van der Waals surface area contributed by atoms with E-state index in [1.165, 1.54) is 0 Å². The van der Waals surface area contributed by atoms with Gasteiger partial charge in [-0.25, -0.2) is 0 Å². The van der Waals surface area contributed by atoms with Crippen molar-refractivity contribution in [1.29, 1.82) is 0 Å². The Morgan fingerprint density at radius 1 is 0.312 bits per heavy atom. The minimum Gasteiger partial charge on any atom is -0.309 e. The lowest BCUT2D eigenvalue weighted by Gasteiger charge is -2.35. The van der Waals surface area contributed by atoms with Crippen LogP contribution < -0.4 is 20.7 Å². The molecule has 3 heterocycles. The third-order valence-corrected chi connectivity index (χ3v) is 17.7. The fourth-order valence-corrected chi connectivity index (χ4v) is 15.1. The topological polar surface area (TPSA) is 14.8 Å². The largest absolute Gasteiger partial charge is 0.309 e. The molecule has 3 nitrogen and oxygen atoms in total. The maximum atomic E-state index is 10.2. The maximum Gasteiger partial charge on any atom is 0.179 e. The molecule has 4 heteroatoms. The molecule has 3 aromatic heterocycles. The average Bonchev–Trinajstić information content (AvgIpc) is 4.08. The molecule has 300 valence electrons. The van der Waals surface area contributed by atoms with E-state index in [-0.39, 0.29) is 47.9 Å². The van der Waals surface area contributed by atoms with Crippen molar-refractivity contribution in [2.24, 2.45) is 0 Å². The Bertz CT molecular complexity index is 4170. The highest BCUT2D eigenvalue weighted by atomic mass is 28.3. The molecule has 0 aliphatic carbocycles. The van der Waals surface area contributed by atoms with Crippen molar-refractivity contribution in [3.05, 3.63) is 249 Å². The highest BCUT2D eigenvalue weighted by molar-refractivity contribution is 7.19. The number of rotatable bonds is 8. The molecule has 0 spiro atoms. The minimum atomic E-state index is -3.26. The Morgan fingerprint density at radius 3 is 1.44 bits per heavy atom. The molecule has 13 rings (SSSR count). The van der Waals surface area contributed by atoms with E-state index in [9.17, 15) is 4.11 Å². The second-order valence-corrected chi connectivity index (χ2v) is 20.1. The predicted molar refractivity (Wildman–Crippen MR) is 272 cm³/mol. The minimum absolute atomic E-state index is 0.0146. The summed E-state index contributed by atoms with van der Waals surface area (Å²) in [6.07, 6.45) is 0. The third-order valence-electron chi connectivity index (χ3n) is 13.0. The highest BCUT2D eigenvalue weighted by Gasteiger charge is 2.41. The van der Waals surface area contributed by atoms with Gasteiger partial charge in [0.1, 0.15) is 0 Å². The molecule has 10 aromatic carbocycles. The monoisotopic (exact) mass is 839 g/mol. The van der Waals surface area contributed by atoms with Gasteiger partial charge in [0.2, 0.25) is 0 Å². The number of aromatic nitrogens is 3. The Hall–Kier alpha value is -8.18. The third kappa shape index (κ3) is 5.33. The van der Waals surface area contributed by atoms with Crippen molar-refractivity contribution in [1.82, 2.24) is 13.7 Å². The van der Waals surface area contributed by atoms with Gasteiger partial charge in [-0.2, -0.15) is 0 Å². The summed E-state index contributed by atoms with van der Waals surface area (Å²) in [5, 5.41) is 7.76. The summed E-state index contributed by atoms with van der Waals surface area (Å²) in [4.78, 5) is 0. The van der Waals surface area contributed by atoms with Gasteiger partial charge in [0.25, 0.3) is 0 Å². The first-order valence-electron chi connectivity index (χ1n) is 25.5. The van der Waals surface area contributed by atoms with Crippen LogP contribution in [0.3, 0.4) is 0 Å². The van der Waals surface area contributed by atoms with Gasteiger partial charge in [0.15, 0.2) is 8.07 Å². The van der Waals surface area contributed by atoms with Crippen molar-refractivity contribution in [3.8, 4) is 28.2 Å². The molecule has 0 amide bonds. The smallest absolute Gasteiger partial charge is 0.179 e. The lowest BCUT2D eigenvalue weighted by molar-refractivity contribution is 1.15. The average molecular weight is 840 g/mol.